The monoisotopic (exact) mass is 156 g/mol. The van der Waals surface area contributed by atoms with Gasteiger partial charge in [0.2, 0.25) is 0 Å². The van der Waals surface area contributed by atoms with Gasteiger partial charge in [-0.05, 0) is 25.3 Å². The Balaban J connectivity index is 2.81. The van der Waals surface area contributed by atoms with Gasteiger partial charge in [-0.2, -0.15) is 0 Å². The quantitative estimate of drug-likeness (QED) is 0.628. The molecule has 0 aromatic heterocycles. The molecule has 1 atom stereocenters. The molecular weight excluding hydrogens is 136 g/mol. The third-order valence-corrected chi connectivity index (χ3v) is 3.53. The zero-order chi connectivity index (χ0) is 8.54. The molecule has 0 bridgehead atoms. The molecule has 66 valence electrons. The Kier molecular flexibility index (Phi) is 2.26. The van der Waals surface area contributed by atoms with Gasteiger partial charge < -0.3 is 11.1 Å². The van der Waals surface area contributed by atoms with E-state index in [4.69, 9.17) is 5.73 Å². The highest BCUT2D eigenvalue weighted by Gasteiger charge is 2.46. The Bertz CT molecular complexity index is 136. The largest absolute Gasteiger partial charge is 0.329 e. The van der Waals surface area contributed by atoms with Crippen LogP contribution in [0, 0.1) is 5.41 Å². The lowest BCUT2D eigenvalue weighted by molar-refractivity contribution is 0.176. The zero-order valence-corrected chi connectivity index (χ0v) is 7.91. The SMILES string of the molecule is CNC1(CN)CCCC1(C)C. The summed E-state index contributed by atoms with van der Waals surface area (Å²) in [6.07, 6.45) is 3.84. The molecule has 1 aliphatic rings. The molecule has 0 amide bonds. The minimum atomic E-state index is 0.201. The summed E-state index contributed by atoms with van der Waals surface area (Å²) in [5, 5.41) is 3.39. The molecule has 2 nitrogen and oxygen atoms in total. The Morgan fingerprint density at radius 3 is 2.18 bits per heavy atom. The van der Waals surface area contributed by atoms with Gasteiger partial charge in [0.25, 0.3) is 0 Å². The number of nitrogens with two attached hydrogens (primary N) is 1. The molecule has 1 fully saturated rings. The predicted octanol–water partition coefficient (Wildman–Crippen LogP) is 1.11. The van der Waals surface area contributed by atoms with Gasteiger partial charge in [0.05, 0.1) is 0 Å². The van der Waals surface area contributed by atoms with Crippen molar-refractivity contribution in [2.75, 3.05) is 13.6 Å². The molecule has 1 aliphatic carbocycles. The maximum Gasteiger partial charge on any atom is 0.0352 e. The van der Waals surface area contributed by atoms with Gasteiger partial charge in [0, 0.05) is 12.1 Å². The Morgan fingerprint density at radius 2 is 2.00 bits per heavy atom. The molecule has 0 spiro atoms. The summed E-state index contributed by atoms with van der Waals surface area (Å²) >= 11 is 0. The Hall–Kier alpha value is -0.0800. The van der Waals surface area contributed by atoms with Gasteiger partial charge in [0.15, 0.2) is 0 Å². The number of hydrogen-bond acceptors (Lipinski definition) is 2. The molecule has 1 unspecified atom stereocenters. The van der Waals surface area contributed by atoms with E-state index in [0.29, 0.717) is 5.41 Å². The van der Waals surface area contributed by atoms with E-state index in [2.05, 4.69) is 19.2 Å². The first-order valence-electron chi connectivity index (χ1n) is 4.47. The first-order chi connectivity index (χ1) is 5.08. The average Bonchev–Trinajstić information content (AvgIpc) is 2.26. The van der Waals surface area contributed by atoms with E-state index in [1.807, 2.05) is 7.05 Å². The fourth-order valence-electron chi connectivity index (χ4n) is 2.35. The van der Waals surface area contributed by atoms with Crippen LogP contribution in [0.25, 0.3) is 0 Å². The van der Waals surface area contributed by atoms with E-state index in [9.17, 15) is 0 Å². The highest BCUT2D eigenvalue weighted by Crippen LogP contribution is 2.44. The Labute approximate surface area is 69.5 Å². The van der Waals surface area contributed by atoms with Gasteiger partial charge in [-0.3, -0.25) is 0 Å². The van der Waals surface area contributed by atoms with Crippen LogP contribution in [-0.4, -0.2) is 19.1 Å². The van der Waals surface area contributed by atoms with E-state index >= 15 is 0 Å². The topological polar surface area (TPSA) is 38.0 Å². The van der Waals surface area contributed by atoms with Gasteiger partial charge in [0.1, 0.15) is 0 Å². The summed E-state index contributed by atoms with van der Waals surface area (Å²) in [4.78, 5) is 0. The van der Waals surface area contributed by atoms with Crippen molar-refractivity contribution in [3.63, 3.8) is 0 Å². The van der Waals surface area contributed by atoms with Crippen molar-refractivity contribution in [1.82, 2.24) is 5.32 Å². The maximum atomic E-state index is 5.79. The van der Waals surface area contributed by atoms with Crippen molar-refractivity contribution in [3.8, 4) is 0 Å². The van der Waals surface area contributed by atoms with Crippen LogP contribution in [0.3, 0.4) is 0 Å². The number of rotatable bonds is 2. The minimum Gasteiger partial charge on any atom is -0.329 e. The number of likely N-dealkylation sites (N-methyl/N-ethyl adjacent to an activating group) is 1. The summed E-state index contributed by atoms with van der Waals surface area (Å²) < 4.78 is 0. The molecule has 2 heteroatoms. The van der Waals surface area contributed by atoms with E-state index in [1.54, 1.807) is 0 Å². The lowest BCUT2D eigenvalue weighted by Gasteiger charge is -2.40. The van der Waals surface area contributed by atoms with Crippen molar-refractivity contribution >= 4 is 0 Å². The van der Waals surface area contributed by atoms with Crippen molar-refractivity contribution in [2.24, 2.45) is 11.1 Å². The Morgan fingerprint density at radius 1 is 1.36 bits per heavy atom. The lowest BCUT2D eigenvalue weighted by Crippen LogP contribution is -2.56. The van der Waals surface area contributed by atoms with Crippen LogP contribution in [0.2, 0.25) is 0 Å². The highest BCUT2D eigenvalue weighted by molar-refractivity contribution is 5.04. The summed E-state index contributed by atoms with van der Waals surface area (Å²) in [5.41, 5.74) is 6.37. The van der Waals surface area contributed by atoms with Crippen LogP contribution in [0.15, 0.2) is 0 Å². The molecule has 1 rings (SSSR count). The van der Waals surface area contributed by atoms with Gasteiger partial charge in [-0.15, -0.1) is 0 Å². The summed E-state index contributed by atoms with van der Waals surface area (Å²) in [6, 6.07) is 0. The highest BCUT2D eigenvalue weighted by atomic mass is 15.0. The number of nitrogens with one attached hydrogen (secondary N) is 1. The standard InChI is InChI=1S/C9H20N2/c1-8(2)5-4-6-9(8,7-10)11-3/h11H,4-7,10H2,1-3H3. The van der Waals surface area contributed by atoms with Gasteiger partial charge in [-0.1, -0.05) is 20.3 Å². The molecule has 3 N–H and O–H groups in total. The lowest BCUT2D eigenvalue weighted by atomic mass is 9.75. The molecule has 0 radical (unpaired) electrons. The summed E-state index contributed by atoms with van der Waals surface area (Å²) in [6.45, 7) is 5.38. The first-order valence-corrected chi connectivity index (χ1v) is 4.47. The van der Waals surface area contributed by atoms with Crippen molar-refractivity contribution in [3.05, 3.63) is 0 Å². The summed E-state index contributed by atoms with van der Waals surface area (Å²) in [7, 11) is 2.03. The second-order valence-electron chi connectivity index (χ2n) is 4.27. The first kappa shape index (κ1) is 9.01. The summed E-state index contributed by atoms with van der Waals surface area (Å²) in [5.74, 6) is 0. The van der Waals surface area contributed by atoms with E-state index in [0.717, 1.165) is 6.54 Å². The fourth-order valence-corrected chi connectivity index (χ4v) is 2.35. The second kappa shape index (κ2) is 2.76. The molecule has 0 aromatic rings. The predicted molar refractivity (Wildman–Crippen MR) is 48.5 cm³/mol. The van der Waals surface area contributed by atoms with Crippen LogP contribution < -0.4 is 11.1 Å². The van der Waals surface area contributed by atoms with Gasteiger partial charge >= 0.3 is 0 Å². The molecule has 1 saturated carbocycles. The maximum absolute atomic E-state index is 5.79. The number of hydrogen-bond donors (Lipinski definition) is 2. The van der Waals surface area contributed by atoms with E-state index < -0.39 is 0 Å². The van der Waals surface area contributed by atoms with Crippen molar-refractivity contribution in [2.45, 2.75) is 38.6 Å². The third-order valence-electron chi connectivity index (χ3n) is 3.53. The minimum absolute atomic E-state index is 0.201. The molecule has 0 heterocycles. The normalized spacial score (nSPS) is 36.0. The second-order valence-corrected chi connectivity index (χ2v) is 4.27. The molecule has 0 saturated heterocycles. The molecule has 0 aromatic carbocycles. The van der Waals surface area contributed by atoms with Crippen LogP contribution >= 0.6 is 0 Å². The zero-order valence-electron chi connectivity index (χ0n) is 7.91. The van der Waals surface area contributed by atoms with Crippen molar-refractivity contribution < 1.29 is 0 Å². The molecule has 11 heavy (non-hydrogen) atoms. The molecule has 0 aliphatic heterocycles. The fraction of sp³-hybridized carbons (Fsp3) is 1.00. The third kappa shape index (κ3) is 1.18. The average molecular weight is 156 g/mol. The van der Waals surface area contributed by atoms with Crippen LogP contribution in [0.5, 0.6) is 0 Å². The van der Waals surface area contributed by atoms with Crippen LogP contribution in [0.4, 0.5) is 0 Å². The van der Waals surface area contributed by atoms with Crippen LogP contribution in [0.1, 0.15) is 33.1 Å². The van der Waals surface area contributed by atoms with E-state index in [1.165, 1.54) is 19.3 Å². The van der Waals surface area contributed by atoms with Gasteiger partial charge in [-0.25, -0.2) is 0 Å². The van der Waals surface area contributed by atoms with Crippen LogP contribution in [-0.2, 0) is 0 Å². The smallest absolute Gasteiger partial charge is 0.0352 e. The van der Waals surface area contributed by atoms with Crippen molar-refractivity contribution in [1.29, 1.82) is 0 Å². The molecular formula is C9H20N2. The van der Waals surface area contributed by atoms with E-state index in [-0.39, 0.29) is 5.54 Å².